The van der Waals surface area contributed by atoms with Crippen LogP contribution in [0.2, 0.25) is 10.0 Å². The first-order chi connectivity index (χ1) is 9.16. The van der Waals surface area contributed by atoms with E-state index in [1.54, 1.807) is 0 Å². The van der Waals surface area contributed by atoms with E-state index in [0.29, 0.717) is 10.6 Å². The van der Waals surface area contributed by atoms with Gasteiger partial charge < -0.3 is 10.4 Å². The van der Waals surface area contributed by atoms with Crippen molar-refractivity contribution in [1.82, 2.24) is 5.32 Å². The number of hydrogen-bond acceptors (Lipinski definition) is 2. The van der Waals surface area contributed by atoms with Gasteiger partial charge in [0.05, 0.1) is 10.0 Å². The highest BCUT2D eigenvalue weighted by molar-refractivity contribution is 6.42. The number of aliphatic carboxylic acids is 1. The molecule has 1 amide bonds. The summed E-state index contributed by atoms with van der Waals surface area (Å²) in [5.41, 5.74) is -1.17. The largest absolute Gasteiger partial charge is 0.479 e. The molecule has 1 aromatic carbocycles. The second-order valence-electron chi connectivity index (χ2n) is 5.21. The Bertz CT molecular complexity index is 531. The Morgan fingerprint density at radius 3 is 2.35 bits per heavy atom. The molecule has 1 aromatic rings. The number of hydrogen-bond donors (Lipinski definition) is 2. The third-order valence-corrected chi connectivity index (χ3v) is 3.65. The molecule has 4 nitrogen and oxygen atoms in total. The van der Waals surface area contributed by atoms with Gasteiger partial charge in [-0.1, -0.05) is 43.1 Å². The lowest BCUT2D eigenvalue weighted by Gasteiger charge is -2.27. The van der Waals surface area contributed by atoms with Crippen molar-refractivity contribution in [3.8, 4) is 0 Å². The van der Waals surface area contributed by atoms with E-state index in [0.717, 1.165) is 0 Å². The smallest absolute Gasteiger partial charge is 0.333 e. The summed E-state index contributed by atoms with van der Waals surface area (Å²) in [6.07, 6.45) is 0.254. The van der Waals surface area contributed by atoms with E-state index in [1.165, 1.54) is 25.1 Å². The minimum atomic E-state index is -1.54. The first-order valence-corrected chi connectivity index (χ1v) is 6.92. The van der Waals surface area contributed by atoms with Crippen LogP contribution in [0, 0.1) is 5.92 Å². The molecule has 0 radical (unpaired) electrons. The predicted molar refractivity (Wildman–Crippen MR) is 79.0 cm³/mol. The summed E-state index contributed by atoms with van der Waals surface area (Å²) in [6.45, 7) is 5.20. The molecule has 1 atom stereocenters. The predicted octanol–water partition coefficient (Wildman–Crippen LogP) is 3.46. The van der Waals surface area contributed by atoms with Crippen molar-refractivity contribution in [2.45, 2.75) is 32.7 Å². The van der Waals surface area contributed by atoms with Crippen LogP contribution in [0.4, 0.5) is 0 Å². The van der Waals surface area contributed by atoms with Gasteiger partial charge in [-0.2, -0.15) is 0 Å². The van der Waals surface area contributed by atoms with Gasteiger partial charge in [-0.05, 0) is 30.5 Å². The van der Waals surface area contributed by atoms with Crippen LogP contribution in [-0.2, 0) is 15.1 Å². The van der Waals surface area contributed by atoms with Gasteiger partial charge in [0.25, 0.3) is 0 Å². The molecule has 0 fully saturated rings. The molecular formula is C14H17Cl2NO3. The summed E-state index contributed by atoms with van der Waals surface area (Å²) >= 11 is 11.7. The molecule has 0 aliphatic heterocycles. The molecule has 0 aliphatic carbocycles. The van der Waals surface area contributed by atoms with Crippen molar-refractivity contribution in [2.24, 2.45) is 5.92 Å². The van der Waals surface area contributed by atoms with Crippen molar-refractivity contribution in [1.29, 1.82) is 0 Å². The number of nitrogens with one attached hydrogen (secondary N) is 1. The molecule has 6 heteroatoms. The average Bonchev–Trinajstić information content (AvgIpc) is 2.30. The fourth-order valence-electron chi connectivity index (χ4n) is 1.76. The van der Waals surface area contributed by atoms with E-state index >= 15 is 0 Å². The van der Waals surface area contributed by atoms with Crippen molar-refractivity contribution >= 4 is 35.1 Å². The normalized spacial score (nSPS) is 13.9. The van der Waals surface area contributed by atoms with Crippen LogP contribution in [0.1, 0.15) is 32.8 Å². The molecular weight excluding hydrogens is 301 g/mol. The van der Waals surface area contributed by atoms with Crippen LogP contribution < -0.4 is 5.32 Å². The summed E-state index contributed by atoms with van der Waals surface area (Å²) in [5.74, 6) is -1.34. The van der Waals surface area contributed by atoms with Gasteiger partial charge in [0, 0.05) is 6.42 Å². The molecule has 1 unspecified atom stereocenters. The lowest BCUT2D eigenvalue weighted by molar-refractivity contribution is -0.147. The van der Waals surface area contributed by atoms with E-state index in [9.17, 15) is 14.7 Å². The van der Waals surface area contributed by atoms with Crippen molar-refractivity contribution in [3.63, 3.8) is 0 Å². The lowest BCUT2D eigenvalue weighted by atomic mass is 9.91. The molecule has 0 aromatic heterocycles. The van der Waals surface area contributed by atoms with Crippen molar-refractivity contribution in [2.75, 3.05) is 0 Å². The Morgan fingerprint density at radius 1 is 1.30 bits per heavy atom. The molecule has 0 saturated heterocycles. The second kappa shape index (κ2) is 6.46. The Kier molecular flexibility index (Phi) is 5.42. The maximum Gasteiger partial charge on any atom is 0.333 e. The third-order valence-electron chi connectivity index (χ3n) is 2.91. The average molecular weight is 318 g/mol. The number of carboxylic acid groups (broad SMARTS) is 1. The molecule has 0 spiro atoms. The number of carbonyl (C=O) groups excluding carboxylic acids is 1. The zero-order valence-electron chi connectivity index (χ0n) is 11.5. The van der Waals surface area contributed by atoms with Gasteiger partial charge in [0.2, 0.25) is 5.91 Å². The van der Waals surface area contributed by atoms with E-state index < -0.39 is 11.5 Å². The van der Waals surface area contributed by atoms with Crippen molar-refractivity contribution < 1.29 is 14.7 Å². The summed E-state index contributed by atoms with van der Waals surface area (Å²) in [5, 5.41) is 12.6. The van der Waals surface area contributed by atoms with E-state index in [1.807, 2.05) is 13.8 Å². The molecule has 2 N–H and O–H groups in total. The zero-order chi connectivity index (χ0) is 15.5. The highest BCUT2D eigenvalue weighted by Crippen LogP contribution is 2.29. The van der Waals surface area contributed by atoms with Crippen LogP contribution in [0.5, 0.6) is 0 Å². The van der Waals surface area contributed by atoms with Gasteiger partial charge >= 0.3 is 5.97 Å². The fraction of sp³-hybridized carbons (Fsp3) is 0.429. The maximum atomic E-state index is 11.9. The van der Waals surface area contributed by atoms with Gasteiger partial charge in [0.15, 0.2) is 5.54 Å². The Morgan fingerprint density at radius 2 is 1.90 bits per heavy atom. The topological polar surface area (TPSA) is 66.4 Å². The number of benzene rings is 1. The van der Waals surface area contributed by atoms with Crippen molar-refractivity contribution in [3.05, 3.63) is 33.8 Å². The summed E-state index contributed by atoms with van der Waals surface area (Å²) in [7, 11) is 0. The lowest BCUT2D eigenvalue weighted by Crippen LogP contribution is -2.49. The molecule has 0 bridgehead atoms. The number of halogens is 2. The number of carboxylic acids is 1. The first kappa shape index (κ1) is 16.8. The van der Waals surface area contributed by atoms with Gasteiger partial charge in [-0.15, -0.1) is 0 Å². The van der Waals surface area contributed by atoms with Gasteiger partial charge in [-0.25, -0.2) is 4.79 Å². The molecule has 1 rings (SSSR count). The Labute approximate surface area is 128 Å². The van der Waals surface area contributed by atoms with Crippen LogP contribution >= 0.6 is 23.2 Å². The standard InChI is InChI=1S/C14H17Cl2NO3/c1-8(2)6-12(18)17-14(3,13(19)20)9-4-5-10(15)11(16)7-9/h4-5,7-8H,6H2,1-3H3,(H,17,18)(H,19,20). The number of carbonyl (C=O) groups is 2. The molecule has 0 heterocycles. The van der Waals surface area contributed by atoms with E-state index in [2.05, 4.69) is 5.32 Å². The highest BCUT2D eigenvalue weighted by Gasteiger charge is 2.37. The number of amides is 1. The van der Waals surface area contributed by atoms with Gasteiger partial charge in [0.1, 0.15) is 0 Å². The molecule has 0 aliphatic rings. The summed E-state index contributed by atoms with van der Waals surface area (Å²) < 4.78 is 0. The van der Waals surface area contributed by atoms with E-state index in [4.69, 9.17) is 23.2 Å². The third kappa shape index (κ3) is 3.87. The highest BCUT2D eigenvalue weighted by atomic mass is 35.5. The monoisotopic (exact) mass is 317 g/mol. The quantitative estimate of drug-likeness (QED) is 0.874. The van der Waals surface area contributed by atoms with Crippen LogP contribution in [0.15, 0.2) is 18.2 Å². The minimum absolute atomic E-state index is 0.141. The van der Waals surface area contributed by atoms with Crippen LogP contribution in [0.3, 0.4) is 0 Å². The zero-order valence-corrected chi connectivity index (χ0v) is 13.0. The maximum absolute atomic E-state index is 11.9. The number of rotatable bonds is 5. The van der Waals surface area contributed by atoms with Gasteiger partial charge in [-0.3, -0.25) is 4.79 Å². The van der Waals surface area contributed by atoms with Crippen LogP contribution in [0.25, 0.3) is 0 Å². The van der Waals surface area contributed by atoms with E-state index in [-0.39, 0.29) is 23.3 Å². The Balaban J connectivity index is 3.11. The molecule has 110 valence electrons. The fourth-order valence-corrected chi connectivity index (χ4v) is 2.06. The minimum Gasteiger partial charge on any atom is -0.479 e. The van der Waals surface area contributed by atoms with Crippen LogP contribution in [-0.4, -0.2) is 17.0 Å². The summed E-state index contributed by atoms with van der Waals surface area (Å²) in [4.78, 5) is 23.4. The second-order valence-corrected chi connectivity index (χ2v) is 6.02. The summed E-state index contributed by atoms with van der Waals surface area (Å²) in [6, 6.07) is 4.50. The SMILES string of the molecule is CC(C)CC(=O)NC(C)(C(=O)O)c1ccc(Cl)c(Cl)c1. The first-order valence-electron chi connectivity index (χ1n) is 6.16. The molecule has 0 saturated carbocycles. The molecule has 20 heavy (non-hydrogen) atoms. The Hall–Kier alpha value is -1.26.